The minimum absolute atomic E-state index is 0.0252. The third kappa shape index (κ3) is 6.71. The molecule has 5 rings (SSSR count). The molecule has 4 aromatic heterocycles. The number of nitrogens with zero attached hydrogens (tertiary/aromatic N) is 8. The van der Waals surface area contributed by atoms with E-state index in [0.29, 0.717) is 21.8 Å². The lowest BCUT2D eigenvalue weighted by molar-refractivity contribution is -0.383. The second kappa shape index (κ2) is 13.0. The lowest BCUT2D eigenvalue weighted by Gasteiger charge is -2.18. The van der Waals surface area contributed by atoms with Crippen LogP contribution in [0.25, 0.3) is 10.2 Å². The molecule has 17 nitrogen and oxygen atoms in total. The molecule has 0 radical (unpaired) electrons. The van der Waals surface area contributed by atoms with Gasteiger partial charge in [0.1, 0.15) is 0 Å². The van der Waals surface area contributed by atoms with Crippen molar-refractivity contribution < 1.29 is 24.1 Å². The zero-order chi connectivity index (χ0) is 34.0. The number of aromatic nitrogens is 4. The molecular weight excluding hydrogens is 630 g/mol. The number of para-hydroxylation sites is 1. The first-order valence-corrected chi connectivity index (χ1v) is 14.7. The highest BCUT2D eigenvalue weighted by molar-refractivity contribution is 7.20. The summed E-state index contributed by atoms with van der Waals surface area (Å²) in [5.41, 5.74) is 6.46. The molecule has 0 unspecified atom stereocenters. The molecule has 5 aromatic rings. The smallest absolute Gasteiger partial charge is 0.332 e. The van der Waals surface area contributed by atoms with Crippen LogP contribution in [-0.4, -0.2) is 86.0 Å². The van der Waals surface area contributed by atoms with Gasteiger partial charge >= 0.3 is 18.1 Å². The molecule has 4 amide bonds. The Morgan fingerprint density at radius 3 is 2.09 bits per heavy atom. The van der Waals surface area contributed by atoms with Gasteiger partial charge in [-0.2, -0.15) is 0 Å². The van der Waals surface area contributed by atoms with Crippen LogP contribution in [0.5, 0.6) is 0 Å². The van der Waals surface area contributed by atoms with E-state index in [2.05, 4.69) is 10.3 Å². The third-order valence-electron chi connectivity index (χ3n) is 7.15. The molecule has 47 heavy (non-hydrogen) atoms. The van der Waals surface area contributed by atoms with Crippen LogP contribution in [0.1, 0.15) is 16.2 Å². The van der Waals surface area contributed by atoms with E-state index in [9.17, 15) is 29.3 Å². The van der Waals surface area contributed by atoms with Gasteiger partial charge in [0.25, 0.3) is 11.6 Å². The average Bonchev–Trinajstić information content (AvgIpc) is 3.87. The summed E-state index contributed by atoms with van der Waals surface area (Å²) in [5.74, 6) is -0.610. The van der Waals surface area contributed by atoms with E-state index in [1.165, 1.54) is 90.8 Å². The number of amides is 4. The number of amidine groups is 1. The Morgan fingerprint density at radius 1 is 0.915 bits per heavy atom. The molecule has 0 aliphatic rings. The number of nitrogens with two attached hydrogens (primary N) is 1. The van der Waals surface area contributed by atoms with Crippen molar-refractivity contribution in [1.29, 1.82) is 5.41 Å². The van der Waals surface area contributed by atoms with Crippen molar-refractivity contribution >= 4 is 74.1 Å². The fraction of sp³-hybridized carbons (Fsp3) is 0.172. The summed E-state index contributed by atoms with van der Waals surface area (Å²) in [5, 5.41) is 21.3. The number of hydrogen-bond donors (Lipinski definition) is 3. The highest BCUT2D eigenvalue weighted by Crippen LogP contribution is 2.30. The van der Waals surface area contributed by atoms with E-state index in [0.717, 1.165) is 11.3 Å². The molecule has 0 atom stereocenters. The molecule has 0 aliphatic carbocycles. The van der Waals surface area contributed by atoms with E-state index in [1.54, 1.807) is 32.3 Å². The number of thiazole rings is 1. The first-order valence-electron chi connectivity index (χ1n) is 13.9. The largest absolute Gasteiger partial charge is 0.388 e. The second-order valence-electron chi connectivity index (χ2n) is 10.4. The third-order valence-corrected chi connectivity index (χ3v) is 8.17. The number of anilines is 3. The molecule has 0 saturated heterocycles. The molecule has 0 fully saturated rings. The van der Waals surface area contributed by atoms with Crippen molar-refractivity contribution in [3.05, 3.63) is 88.7 Å². The Labute approximate surface area is 270 Å². The van der Waals surface area contributed by atoms with Crippen molar-refractivity contribution in [2.24, 2.45) is 5.73 Å². The van der Waals surface area contributed by atoms with Gasteiger partial charge in [0.05, 0.1) is 32.5 Å². The van der Waals surface area contributed by atoms with Gasteiger partial charge in [0.2, 0.25) is 0 Å². The number of rotatable bonds is 8. The fourth-order valence-corrected chi connectivity index (χ4v) is 5.39. The van der Waals surface area contributed by atoms with Crippen LogP contribution in [0.3, 0.4) is 0 Å². The van der Waals surface area contributed by atoms with Crippen LogP contribution < -0.4 is 20.9 Å². The van der Waals surface area contributed by atoms with E-state index in [-0.39, 0.29) is 41.0 Å². The van der Waals surface area contributed by atoms with Crippen LogP contribution in [0.2, 0.25) is 0 Å². The molecular formula is C29H29N11O6S. The molecule has 0 saturated carbocycles. The van der Waals surface area contributed by atoms with Crippen LogP contribution in [0, 0.1) is 15.5 Å². The predicted octanol–water partition coefficient (Wildman–Crippen LogP) is 4.30. The van der Waals surface area contributed by atoms with Gasteiger partial charge in [-0.3, -0.25) is 43.8 Å². The maximum absolute atomic E-state index is 13.2. The maximum atomic E-state index is 13.2. The van der Waals surface area contributed by atoms with E-state index in [4.69, 9.17) is 11.1 Å². The first kappa shape index (κ1) is 32.1. The van der Waals surface area contributed by atoms with Gasteiger partial charge in [-0.15, -0.1) is 11.3 Å². The quantitative estimate of drug-likeness (QED) is 0.0944. The maximum Gasteiger partial charge on any atom is 0.332 e. The van der Waals surface area contributed by atoms with E-state index in [1.807, 2.05) is 0 Å². The number of fused-ring (bicyclic) bond motifs is 1. The Morgan fingerprint density at radius 2 is 1.49 bits per heavy atom. The Hall–Kier alpha value is -6.30. The number of non-ortho nitro benzene ring substituents is 1. The van der Waals surface area contributed by atoms with Crippen molar-refractivity contribution in [2.75, 3.05) is 42.8 Å². The number of benzene rings is 1. The fourth-order valence-electron chi connectivity index (χ4n) is 4.51. The first-order chi connectivity index (χ1) is 22.3. The second-order valence-corrected chi connectivity index (χ2v) is 11.4. The van der Waals surface area contributed by atoms with Gasteiger partial charge < -0.3 is 16.0 Å². The van der Waals surface area contributed by atoms with Crippen LogP contribution in [0.4, 0.5) is 37.1 Å². The lowest BCUT2D eigenvalue weighted by atomic mass is 10.3. The number of nitrogens with one attached hydrogen (secondary N) is 2. The minimum atomic E-state index is -0.585. The van der Waals surface area contributed by atoms with Gasteiger partial charge in [-0.25, -0.2) is 19.4 Å². The zero-order valence-electron chi connectivity index (χ0n) is 25.4. The summed E-state index contributed by atoms with van der Waals surface area (Å²) in [6, 6.07) is 7.91. The molecule has 0 aliphatic heterocycles. The number of nitro groups is 1. The molecule has 1 aromatic carbocycles. The Balaban J connectivity index is 1.22. The molecule has 4 N–H and O–H groups in total. The van der Waals surface area contributed by atoms with Crippen molar-refractivity contribution in [1.82, 2.24) is 23.6 Å². The summed E-state index contributed by atoms with van der Waals surface area (Å²) < 4.78 is 4.36. The average molecular weight is 660 g/mol. The number of nitro benzene ring substituents is 1. The number of carbonyl (C=O) groups is 4. The molecule has 0 bridgehead atoms. The van der Waals surface area contributed by atoms with Gasteiger partial charge in [0.15, 0.2) is 10.5 Å². The highest BCUT2D eigenvalue weighted by atomic mass is 32.1. The van der Waals surface area contributed by atoms with Crippen molar-refractivity contribution in [3.8, 4) is 0 Å². The van der Waals surface area contributed by atoms with Crippen LogP contribution in [0.15, 0.2) is 73.6 Å². The number of hydrogen-bond acceptors (Lipinski definition) is 9. The van der Waals surface area contributed by atoms with Crippen LogP contribution in [-0.2, 0) is 0 Å². The van der Waals surface area contributed by atoms with E-state index >= 15 is 0 Å². The molecule has 18 heteroatoms. The number of carbonyl (C=O) groups excluding carboxylic acids is 4. The zero-order valence-corrected chi connectivity index (χ0v) is 26.2. The minimum Gasteiger partial charge on any atom is -0.388 e. The van der Waals surface area contributed by atoms with Crippen LogP contribution >= 0.6 is 11.3 Å². The van der Waals surface area contributed by atoms with E-state index < -0.39 is 22.9 Å². The highest BCUT2D eigenvalue weighted by Gasteiger charge is 2.22. The van der Waals surface area contributed by atoms with Gasteiger partial charge in [-0.1, -0.05) is 6.07 Å². The Kier molecular flexibility index (Phi) is 8.86. The normalized spacial score (nSPS) is 10.9. The summed E-state index contributed by atoms with van der Waals surface area (Å²) in [4.78, 5) is 70.9. The Bertz CT molecular complexity index is 2040. The van der Waals surface area contributed by atoms with Gasteiger partial charge in [0, 0.05) is 77.4 Å². The van der Waals surface area contributed by atoms with Gasteiger partial charge in [-0.05, 0) is 24.3 Å². The summed E-state index contributed by atoms with van der Waals surface area (Å²) in [6.07, 6.45) is 9.12. The SMILES string of the molecule is CN(CCC(=N)N)C(=O)n1ccc(N(C)C(=O)n2ccc(N(C)C(=O)n3ccc(NC(=O)c4nc5c([N+](=O)[O-])cccc5s4)c3)c2)c1. The molecule has 0 spiro atoms. The monoisotopic (exact) mass is 659 g/mol. The summed E-state index contributed by atoms with van der Waals surface area (Å²) >= 11 is 1.01. The lowest BCUT2D eigenvalue weighted by Crippen LogP contribution is -2.33. The standard InChI is InChI=1S/C29H29N11O6S/c1-34(11-10-23(30)31)27(42)38-13-8-19(16-38)36(3)29(44)39-14-9-20(17-39)35(2)28(43)37-12-7-18(15-37)32-25(41)26-33-24-21(40(45)46)5-4-6-22(24)47-26/h4-9,12-17H,10-11H2,1-3H3,(H3,30,31)(H,32,41). The molecule has 4 heterocycles. The van der Waals surface area contributed by atoms with Crippen molar-refractivity contribution in [3.63, 3.8) is 0 Å². The summed E-state index contributed by atoms with van der Waals surface area (Å²) in [6.45, 7) is 0.270. The van der Waals surface area contributed by atoms with Crippen molar-refractivity contribution in [2.45, 2.75) is 6.42 Å². The topological polar surface area (TPSA) is 211 Å². The molecule has 242 valence electrons. The predicted molar refractivity (Wildman–Crippen MR) is 176 cm³/mol. The summed E-state index contributed by atoms with van der Waals surface area (Å²) in [7, 11) is 4.66.